The van der Waals surface area contributed by atoms with E-state index in [0.29, 0.717) is 0 Å². The minimum Gasteiger partial charge on any atom is -0.309 e. The maximum atomic E-state index is 3.74. The molecule has 0 saturated heterocycles. The average molecular weight is 1840 g/mol. The second-order valence-electron chi connectivity index (χ2n) is 33.8. The van der Waals surface area contributed by atoms with E-state index in [9.17, 15) is 0 Å². The van der Waals surface area contributed by atoms with Gasteiger partial charge in [0.1, 0.15) is 0 Å². The summed E-state index contributed by atoms with van der Waals surface area (Å²) in [6, 6.07) is 171. The first kappa shape index (κ1) is 80.1. The van der Waals surface area contributed by atoms with Gasteiger partial charge in [0.15, 0.2) is 0 Å². The summed E-state index contributed by atoms with van der Waals surface area (Å²) in [7, 11) is 0. The van der Waals surface area contributed by atoms with Crippen molar-refractivity contribution in [1.82, 2.24) is 13.7 Å². The highest BCUT2D eigenvalue weighted by molar-refractivity contribution is 9.11. The van der Waals surface area contributed by atoms with Crippen LogP contribution in [-0.4, -0.2) is 13.7 Å². The lowest BCUT2D eigenvalue weighted by atomic mass is 9.82. The Balaban J connectivity index is 0.000000114. The van der Waals surface area contributed by atoms with Gasteiger partial charge in [-0.25, -0.2) is 0 Å². The van der Waals surface area contributed by atoms with E-state index in [1.807, 2.05) is 0 Å². The van der Waals surface area contributed by atoms with Crippen molar-refractivity contribution in [2.75, 3.05) is 0 Å². The number of halogens is 3. The molecule has 129 heavy (non-hydrogen) atoms. The van der Waals surface area contributed by atoms with E-state index in [1.54, 1.807) is 0 Å². The molecule has 612 valence electrons. The van der Waals surface area contributed by atoms with E-state index in [1.165, 1.54) is 210 Å². The Hall–Kier alpha value is -14.8. The van der Waals surface area contributed by atoms with Crippen molar-refractivity contribution in [3.63, 3.8) is 0 Å². The molecule has 1 aliphatic carbocycles. The molecular formula is C123H84Br3N3. The van der Waals surface area contributed by atoms with Crippen LogP contribution in [0.15, 0.2) is 487 Å². The molecule has 0 saturated carbocycles. The van der Waals surface area contributed by atoms with Crippen LogP contribution in [0.5, 0.6) is 0 Å². The van der Waals surface area contributed by atoms with Crippen molar-refractivity contribution in [3.8, 4) is 139 Å². The fourth-order valence-electron chi connectivity index (χ4n) is 19.5. The van der Waals surface area contributed by atoms with Gasteiger partial charge in [-0.2, -0.15) is 0 Å². The second-order valence-corrected chi connectivity index (χ2v) is 36.4. The Morgan fingerprint density at radius 3 is 0.907 bits per heavy atom. The highest BCUT2D eigenvalue weighted by Gasteiger charge is 2.36. The van der Waals surface area contributed by atoms with Gasteiger partial charge in [0.05, 0.1) is 38.8 Å². The molecule has 0 amide bonds. The number of aromatic nitrogens is 3. The van der Waals surface area contributed by atoms with Crippen LogP contribution >= 0.6 is 47.8 Å². The van der Waals surface area contributed by atoms with E-state index in [2.05, 4.69) is 549 Å². The third-order valence-electron chi connectivity index (χ3n) is 25.8. The summed E-state index contributed by atoms with van der Waals surface area (Å²) in [5.74, 6) is 0. The first-order valence-electron chi connectivity index (χ1n) is 43.9. The van der Waals surface area contributed by atoms with Gasteiger partial charge < -0.3 is 13.7 Å². The lowest BCUT2D eigenvalue weighted by molar-refractivity contribution is 0.660. The topological polar surface area (TPSA) is 14.8 Å². The molecule has 3 aromatic heterocycles. The zero-order valence-corrected chi connectivity index (χ0v) is 75.8. The van der Waals surface area contributed by atoms with Gasteiger partial charge in [-0.1, -0.05) is 401 Å². The molecule has 0 fully saturated rings. The van der Waals surface area contributed by atoms with E-state index < -0.39 is 0 Å². The number of nitrogens with zero attached hydrogens (tertiary/aromatic N) is 3. The SMILES string of the molecule is Brc1ccccc1-c1cccc(-c2ccc3c(c2)c2ccccc2n3-c2cc(-c3ccccc3)cc(-c3ccccc3)c2)c1.Brc1ccccc1-c1cccc(-c2ccc3c(c2)c2ccccc2n3-c2ccc(-c3ccccc3)cc2-c2ccccc2)c1.CC1(C)c2ccccc2-c2ccc(-n3c4ccccc4c4cc(-c5cccc(-c6ccccc6Br)c5)ccc43)cc21. The highest BCUT2D eigenvalue weighted by Crippen LogP contribution is 2.51. The Kier molecular flexibility index (Phi) is 21.2. The Bertz CT molecular complexity index is 8180. The average Bonchev–Trinajstić information content (AvgIpc) is 1.57. The van der Waals surface area contributed by atoms with Gasteiger partial charge in [0.2, 0.25) is 0 Å². The molecule has 3 heterocycles. The molecule has 24 rings (SSSR count). The van der Waals surface area contributed by atoms with Gasteiger partial charge in [-0.3, -0.25) is 0 Å². The molecule has 0 atom stereocenters. The van der Waals surface area contributed by atoms with E-state index in [4.69, 9.17) is 0 Å². The molecule has 23 aromatic rings. The summed E-state index contributed by atoms with van der Waals surface area (Å²) in [6.07, 6.45) is 0. The molecule has 1 aliphatic rings. The number of hydrogen-bond donors (Lipinski definition) is 0. The Morgan fingerprint density at radius 2 is 0.465 bits per heavy atom. The maximum Gasteiger partial charge on any atom is 0.0541 e. The van der Waals surface area contributed by atoms with Crippen molar-refractivity contribution in [2.24, 2.45) is 0 Å². The van der Waals surface area contributed by atoms with E-state index in [0.717, 1.165) is 19.1 Å². The molecule has 6 heteroatoms. The molecule has 0 aliphatic heterocycles. The van der Waals surface area contributed by atoms with Crippen molar-refractivity contribution >= 4 is 113 Å². The third-order valence-corrected chi connectivity index (χ3v) is 27.9. The van der Waals surface area contributed by atoms with Crippen molar-refractivity contribution in [2.45, 2.75) is 19.3 Å². The summed E-state index contributed by atoms with van der Waals surface area (Å²) >= 11 is 11.2. The summed E-state index contributed by atoms with van der Waals surface area (Å²) in [5, 5.41) is 7.53. The van der Waals surface area contributed by atoms with E-state index >= 15 is 0 Å². The molecule has 0 radical (unpaired) electrons. The Morgan fingerprint density at radius 1 is 0.163 bits per heavy atom. The van der Waals surface area contributed by atoms with Gasteiger partial charge >= 0.3 is 0 Å². The van der Waals surface area contributed by atoms with E-state index in [-0.39, 0.29) is 5.41 Å². The minimum atomic E-state index is -0.0351. The maximum absolute atomic E-state index is 3.74. The normalized spacial score (nSPS) is 12.0. The zero-order chi connectivity index (χ0) is 86.6. The smallest absolute Gasteiger partial charge is 0.0541 e. The number of benzene rings is 20. The van der Waals surface area contributed by atoms with Crippen LogP contribution in [0.4, 0.5) is 0 Å². The number of fused-ring (bicyclic) bond motifs is 12. The predicted octanol–water partition coefficient (Wildman–Crippen LogP) is 35.6. The monoisotopic (exact) mass is 1840 g/mol. The summed E-state index contributed by atoms with van der Waals surface area (Å²) < 4.78 is 10.6. The molecule has 0 spiro atoms. The zero-order valence-electron chi connectivity index (χ0n) is 71.0. The molecule has 3 nitrogen and oxygen atoms in total. The molecular weight excluding hydrogens is 1760 g/mol. The number of rotatable bonds is 13. The summed E-state index contributed by atoms with van der Waals surface area (Å²) in [6.45, 7) is 4.70. The van der Waals surface area contributed by atoms with Crippen LogP contribution < -0.4 is 0 Å². The first-order valence-corrected chi connectivity index (χ1v) is 46.3. The number of hydrogen-bond acceptors (Lipinski definition) is 0. The molecule has 20 aromatic carbocycles. The molecule has 0 bridgehead atoms. The van der Waals surface area contributed by atoms with Crippen LogP contribution in [0.3, 0.4) is 0 Å². The van der Waals surface area contributed by atoms with Crippen LogP contribution in [-0.2, 0) is 5.41 Å². The lowest BCUT2D eigenvalue weighted by Gasteiger charge is -2.22. The van der Waals surface area contributed by atoms with Crippen LogP contribution in [0, 0.1) is 0 Å². The third kappa shape index (κ3) is 15.0. The molecule has 0 N–H and O–H groups in total. The van der Waals surface area contributed by atoms with Gasteiger partial charge in [0.25, 0.3) is 0 Å². The van der Waals surface area contributed by atoms with Crippen LogP contribution in [0.2, 0.25) is 0 Å². The quantitative estimate of drug-likeness (QED) is 0.109. The van der Waals surface area contributed by atoms with Gasteiger partial charge in [-0.15, -0.1) is 0 Å². The largest absolute Gasteiger partial charge is 0.309 e. The number of para-hydroxylation sites is 3. The standard InChI is InChI=1S/2C42H28BrN.C39H28BrN/c43-39-20-9-7-18-35(39)34-17-11-16-31(26-34)33-23-25-42-38(28-33)36-19-8-10-21-40(36)44(42)41-24-22-32(29-12-3-1-4-13-29)27-37(41)30-14-5-2-6-15-30;43-40-20-9-7-18-37(40)33-17-11-16-31(24-33)32-22-23-42-39(28-32)38-19-8-10-21-41(38)44(42)36-26-34(29-12-3-1-4-13-29)25-35(27-36)30-14-5-2-6-15-30;1-39(2)34-15-6-3-13-30(34)31-20-19-28(24-35(31)39)41-37-17-8-5-14-32(37)33-23-26(18-21-38(33)41)25-10-9-11-27(22-25)29-12-4-7-16-36(29)40/h2*1-28H;3-24H,1-2H3. The fourth-order valence-corrected chi connectivity index (χ4v) is 21.1. The van der Waals surface area contributed by atoms with Gasteiger partial charge in [0, 0.05) is 68.1 Å². The first-order chi connectivity index (χ1) is 63.5. The molecule has 0 unspecified atom stereocenters. The van der Waals surface area contributed by atoms with Crippen molar-refractivity contribution in [3.05, 3.63) is 498 Å². The predicted molar refractivity (Wildman–Crippen MR) is 557 cm³/mol. The fraction of sp³-hybridized carbons (Fsp3) is 0.0244. The van der Waals surface area contributed by atoms with Crippen molar-refractivity contribution < 1.29 is 0 Å². The Labute approximate surface area is 776 Å². The summed E-state index contributed by atoms with van der Waals surface area (Å²) in [4.78, 5) is 0. The van der Waals surface area contributed by atoms with Crippen LogP contribution in [0.1, 0.15) is 25.0 Å². The summed E-state index contributed by atoms with van der Waals surface area (Å²) in [5.41, 5.74) is 40.4. The van der Waals surface area contributed by atoms with Crippen molar-refractivity contribution in [1.29, 1.82) is 0 Å². The van der Waals surface area contributed by atoms with Crippen LogP contribution in [0.25, 0.3) is 205 Å². The van der Waals surface area contributed by atoms with Gasteiger partial charge in [-0.05, 0) is 261 Å². The minimum absolute atomic E-state index is 0.0351. The lowest BCUT2D eigenvalue weighted by Crippen LogP contribution is -2.15. The second kappa shape index (κ2) is 34.2. The highest BCUT2D eigenvalue weighted by atomic mass is 79.9.